The van der Waals surface area contributed by atoms with Gasteiger partial charge in [-0.1, -0.05) is 54.6 Å². The minimum Gasteiger partial charge on any atom is -0.337 e. The van der Waals surface area contributed by atoms with E-state index in [2.05, 4.69) is 0 Å². The van der Waals surface area contributed by atoms with Crippen molar-refractivity contribution in [1.82, 2.24) is 4.90 Å². The fraction of sp³-hybridized carbons (Fsp3) is 0.105. The summed E-state index contributed by atoms with van der Waals surface area (Å²) in [5, 5.41) is 13.3. The van der Waals surface area contributed by atoms with E-state index in [0.717, 1.165) is 16.3 Å². The Morgan fingerprint density at radius 1 is 1.00 bits per heavy atom. The third-order valence-electron chi connectivity index (χ3n) is 3.97. The molecule has 120 valence electrons. The molecule has 3 rings (SSSR count). The zero-order valence-corrected chi connectivity index (χ0v) is 13.2. The zero-order chi connectivity index (χ0) is 17.1. The van der Waals surface area contributed by atoms with Gasteiger partial charge in [0.2, 0.25) is 0 Å². The van der Waals surface area contributed by atoms with E-state index in [9.17, 15) is 14.9 Å². The van der Waals surface area contributed by atoms with Gasteiger partial charge in [-0.3, -0.25) is 14.9 Å². The highest BCUT2D eigenvalue weighted by atomic mass is 16.6. The molecule has 0 aliphatic heterocycles. The number of benzene rings is 3. The molecule has 3 aromatic carbocycles. The summed E-state index contributed by atoms with van der Waals surface area (Å²) in [5.41, 5.74) is 0.931. The van der Waals surface area contributed by atoms with E-state index in [4.69, 9.17) is 0 Å². The molecule has 0 aromatic heterocycles. The van der Waals surface area contributed by atoms with Crippen LogP contribution >= 0.6 is 0 Å². The number of amides is 1. The third kappa shape index (κ3) is 2.96. The van der Waals surface area contributed by atoms with Crippen LogP contribution in [0.2, 0.25) is 0 Å². The van der Waals surface area contributed by atoms with Crippen molar-refractivity contribution in [2.24, 2.45) is 0 Å². The second-order valence-corrected chi connectivity index (χ2v) is 5.57. The van der Waals surface area contributed by atoms with Crippen LogP contribution in [-0.4, -0.2) is 22.8 Å². The Morgan fingerprint density at radius 3 is 2.46 bits per heavy atom. The highest BCUT2D eigenvalue weighted by Crippen LogP contribution is 2.23. The number of hydrogen-bond donors (Lipinski definition) is 0. The van der Waals surface area contributed by atoms with Crippen LogP contribution < -0.4 is 0 Å². The Labute approximate surface area is 139 Å². The normalized spacial score (nSPS) is 10.5. The first-order valence-electron chi connectivity index (χ1n) is 7.53. The number of fused-ring (bicyclic) bond motifs is 1. The Kier molecular flexibility index (Phi) is 4.24. The fourth-order valence-electron chi connectivity index (χ4n) is 2.78. The van der Waals surface area contributed by atoms with Gasteiger partial charge in [-0.25, -0.2) is 0 Å². The summed E-state index contributed by atoms with van der Waals surface area (Å²) in [6.45, 7) is 0.381. The predicted octanol–water partition coefficient (Wildman–Crippen LogP) is 4.02. The Morgan fingerprint density at radius 2 is 1.67 bits per heavy atom. The van der Waals surface area contributed by atoms with Crippen LogP contribution in [0, 0.1) is 10.1 Å². The standard InChI is InChI=1S/C19H16N2O3/c1-20(19(22)17-11-4-5-12-18(17)21(23)24)13-15-9-6-8-14-7-2-3-10-16(14)15/h2-12H,13H2,1H3. The molecular weight excluding hydrogens is 304 g/mol. The average Bonchev–Trinajstić information content (AvgIpc) is 2.61. The van der Waals surface area contributed by atoms with Crippen LogP contribution in [0.5, 0.6) is 0 Å². The van der Waals surface area contributed by atoms with E-state index >= 15 is 0 Å². The van der Waals surface area contributed by atoms with Gasteiger partial charge >= 0.3 is 0 Å². The van der Waals surface area contributed by atoms with E-state index in [1.807, 2.05) is 42.5 Å². The van der Waals surface area contributed by atoms with Crippen LogP contribution in [0.3, 0.4) is 0 Å². The van der Waals surface area contributed by atoms with Crippen molar-refractivity contribution in [3.05, 3.63) is 88.0 Å². The third-order valence-corrected chi connectivity index (χ3v) is 3.97. The van der Waals surface area contributed by atoms with Crippen LogP contribution in [-0.2, 0) is 6.54 Å². The molecule has 1 amide bonds. The summed E-state index contributed by atoms with van der Waals surface area (Å²) in [6.07, 6.45) is 0. The molecule has 0 N–H and O–H groups in total. The van der Waals surface area contributed by atoms with Crippen LogP contribution in [0.25, 0.3) is 10.8 Å². The molecule has 3 aromatic rings. The summed E-state index contributed by atoms with van der Waals surface area (Å²) in [5.74, 6) is -0.366. The van der Waals surface area contributed by atoms with Crippen molar-refractivity contribution in [3.63, 3.8) is 0 Å². The van der Waals surface area contributed by atoms with Gasteiger partial charge in [-0.05, 0) is 22.4 Å². The maximum Gasteiger partial charge on any atom is 0.282 e. The molecule has 0 heterocycles. The van der Waals surface area contributed by atoms with Gasteiger partial charge in [-0.2, -0.15) is 0 Å². The molecule has 0 saturated heterocycles. The zero-order valence-electron chi connectivity index (χ0n) is 13.2. The van der Waals surface area contributed by atoms with Crippen LogP contribution in [0.4, 0.5) is 5.69 Å². The predicted molar refractivity (Wildman–Crippen MR) is 92.8 cm³/mol. The molecule has 5 heteroatoms. The van der Waals surface area contributed by atoms with Gasteiger partial charge in [0.1, 0.15) is 5.56 Å². The smallest absolute Gasteiger partial charge is 0.282 e. The molecule has 0 aliphatic carbocycles. The number of para-hydroxylation sites is 1. The van der Waals surface area contributed by atoms with Gasteiger partial charge in [0.05, 0.1) is 4.92 Å². The molecular formula is C19H16N2O3. The summed E-state index contributed by atoms with van der Waals surface area (Å²) in [6, 6.07) is 19.9. The van der Waals surface area contributed by atoms with E-state index in [1.165, 1.54) is 17.0 Å². The Bertz CT molecular complexity index is 916. The van der Waals surface area contributed by atoms with Gasteiger partial charge in [0.25, 0.3) is 11.6 Å². The summed E-state index contributed by atoms with van der Waals surface area (Å²) < 4.78 is 0. The highest BCUT2D eigenvalue weighted by molar-refractivity contribution is 5.98. The van der Waals surface area contributed by atoms with Crippen molar-refractivity contribution in [2.75, 3.05) is 7.05 Å². The van der Waals surface area contributed by atoms with E-state index in [1.54, 1.807) is 19.2 Å². The maximum atomic E-state index is 12.6. The molecule has 0 fully saturated rings. The number of nitro groups is 1. The van der Waals surface area contributed by atoms with Gasteiger partial charge in [0, 0.05) is 19.7 Å². The quantitative estimate of drug-likeness (QED) is 0.539. The van der Waals surface area contributed by atoms with Crippen molar-refractivity contribution in [1.29, 1.82) is 0 Å². The molecule has 0 spiro atoms. The largest absolute Gasteiger partial charge is 0.337 e. The Balaban J connectivity index is 1.91. The van der Waals surface area contributed by atoms with Crippen molar-refractivity contribution >= 4 is 22.4 Å². The highest BCUT2D eigenvalue weighted by Gasteiger charge is 2.22. The SMILES string of the molecule is CN(Cc1cccc2ccccc12)C(=O)c1ccccc1[N+](=O)[O-]. The lowest BCUT2D eigenvalue weighted by atomic mass is 10.0. The summed E-state index contributed by atoms with van der Waals surface area (Å²) >= 11 is 0. The average molecular weight is 320 g/mol. The number of rotatable bonds is 4. The van der Waals surface area contributed by atoms with Crippen molar-refractivity contribution in [3.8, 4) is 0 Å². The molecule has 24 heavy (non-hydrogen) atoms. The van der Waals surface area contributed by atoms with Crippen LogP contribution in [0.1, 0.15) is 15.9 Å². The lowest BCUT2D eigenvalue weighted by Crippen LogP contribution is -2.27. The molecule has 0 unspecified atom stereocenters. The lowest BCUT2D eigenvalue weighted by molar-refractivity contribution is -0.385. The number of hydrogen-bond acceptors (Lipinski definition) is 3. The molecule has 0 bridgehead atoms. The van der Waals surface area contributed by atoms with Gasteiger partial charge < -0.3 is 4.90 Å². The monoisotopic (exact) mass is 320 g/mol. The van der Waals surface area contributed by atoms with Gasteiger partial charge in [0.15, 0.2) is 0 Å². The molecule has 5 nitrogen and oxygen atoms in total. The first-order valence-corrected chi connectivity index (χ1v) is 7.53. The van der Waals surface area contributed by atoms with E-state index in [-0.39, 0.29) is 17.2 Å². The first kappa shape index (κ1) is 15.7. The maximum absolute atomic E-state index is 12.6. The molecule has 0 atom stereocenters. The second-order valence-electron chi connectivity index (χ2n) is 5.57. The number of carbonyl (C=O) groups excluding carboxylic acids is 1. The minimum absolute atomic E-state index is 0.102. The lowest BCUT2D eigenvalue weighted by Gasteiger charge is -2.18. The van der Waals surface area contributed by atoms with E-state index < -0.39 is 4.92 Å². The topological polar surface area (TPSA) is 63.5 Å². The van der Waals surface area contributed by atoms with E-state index in [0.29, 0.717) is 6.54 Å². The molecule has 0 radical (unpaired) electrons. The summed E-state index contributed by atoms with van der Waals surface area (Å²) in [4.78, 5) is 24.7. The number of carbonyl (C=O) groups is 1. The van der Waals surface area contributed by atoms with Crippen LogP contribution in [0.15, 0.2) is 66.7 Å². The number of nitrogens with zero attached hydrogens (tertiary/aromatic N) is 2. The minimum atomic E-state index is -0.529. The van der Waals surface area contributed by atoms with Gasteiger partial charge in [-0.15, -0.1) is 0 Å². The first-order chi connectivity index (χ1) is 11.6. The second kappa shape index (κ2) is 6.50. The Hall–Kier alpha value is -3.21. The van der Waals surface area contributed by atoms with Crippen molar-refractivity contribution < 1.29 is 9.72 Å². The van der Waals surface area contributed by atoms with Crippen molar-refractivity contribution in [2.45, 2.75) is 6.54 Å². The molecule has 0 saturated carbocycles. The summed E-state index contributed by atoms with van der Waals surface area (Å²) in [7, 11) is 1.65. The fourth-order valence-corrected chi connectivity index (χ4v) is 2.78. The molecule has 0 aliphatic rings. The number of nitro benzene ring substituents is 1.